The maximum Gasteiger partial charge on any atom is 0.164 e. The van der Waals surface area contributed by atoms with Crippen LogP contribution in [0.2, 0.25) is 0 Å². The molecule has 2 aliphatic rings. The maximum absolute atomic E-state index is 4.99. The Labute approximate surface area is 354 Å². The topological polar surface area (TPSA) is 43.6 Å². The monoisotopic (exact) mass is 780 g/mol. The number of fused-ring (bicyclic) bond motifs is 9. The average molecular weight is 781 g/mol. The van der Waals surface area contributed by atoms with Crippen molar-refractivity contribution in [2.75, 3.05) is 0 Å². The number of benzene rings is 8. The van der Waals surface area contributed by atoms with Crippen LogP contribution >= 0.6 is 0 Å². The first-order chi connectivity index (χ1) is 30.3. The summed E-state index contributed by atoms with van der Waals surface area (Å²) in [5.41, 5.74) is 17.1. The molecule has 0 saturated carbocycles. The number of rotatable bonds is 6. The first-order valence-electron chi connectivity index (χ1n) is 21.3. The van der Waals surface area contributed by atoms with E-state index in [4.69, 9.17) is 15.0 Å². The lowest BCUT2D eigenvalue weighted by molar-refractivity contribution is 0.911. The highest BCUT2D eigenvalue weighted by Gasteiger charge is 2.22. The van der Waals surface area contributed by atoms with Crippen molar-refractivity contribution in [1.82, 2.24) is 19.5 Å². The van der Waals surface area contributed by atoms with Crippen molar-refractivity contribution in [2.45, 2.75) is 25.7 Å². The van der Waals surface area contributed by atoms with E-state index in [1.807, 2.05) is 60.7 Å². The van der Waals surface area contributed by atoms with E-state index in [2.05, 4.69) is 138 Å². The Morgan fingerprint density at radius 3 is 1.57 bits per heavy atom. The molecular weight excluding hydrogens is 741 g/mol. The smallest absolute Gasteiger partial charge is 0.164 e. The van der Waals surface area contributed by atoms with Gasteiger partial charge in [-0.05, 0) is 123 Å². The van der Waals surface area contributed by atoms with Gasteiger partial charge in [0.2, 0.25) is 0 Å². The molecule has 10 aromatic rings. The van der Waals surface area contributed by atoms with Gasteiger partial charge in [0.25, 0.3) is 0 Å². The zero-order valence-corrected chi connectivity index (χ0v) is 33.6. The molecule has 4 nitrogen and oxygen atoms in total. The highest BCUT2D eigenvalue weighted by molar-refractivity contribution is 6.17. The molecule has 12 rings (SSSR count). The molecule has 0 radical (unpaired) electrons. The SMILES string of the molecule is C1=Cc2c(c3c(c4cc(-c5ccccc5-c5cccc6c5c5ccccc5n6-c5ccc(-c6nc(-c7ccccc7)nc(-c7ccccc7)n6)cc5)ccc24)C=CCC3)CC1. The molecule has 0 saturated heterocycles. The highest BCUT2D eigenvalue weighted by atomic mass is 15.0. The molecule has 0 unspecified atom stereocenters. The van der Waals surface area contributed by atoms with Crippen LogP contribution in [0.25, 0.3) is 107 Å². The Morgan fingerprint density at radius 1 is 0.377 bits per heavy atom. The van der Waals surface area contributed by atoms with Crippen molar-refractivity contribution in [3.05, 3.63) is 204 Å². The molecule has 4 heteroatoms. The fourth-order valence-corrected chi connectivity index (χ4v) is 9.82. The van der Waals surface area contributed by atoms with Crippen LogP contribution < -0.4 is 0 Å². The van der Waals surface area contributed by atoms with E-state index in [1.54, 1.807) is 11.1 Å². The lowest BCUT2D eigenvalue weighted by Crippen LogP contribution is -2.07. The van der Waals surface area contributed by atoms with E-state index in [1.165, 1.54) is 54.9 Å². The molecular formula is C57H40N4. The van der Waals surface area contributed by atoms with E-state index in [-0.39, 0.29) is 0 Å². The Kier molecular flexibility index (Phi) is 8.41. The fourth-order valence-electron chi connectivity index (χ4n) is 9.82. The summed E-state index contributed by atoms with van der Waals surface area (Å²) in [7, 11) is 0. The largest absolute Gasteiger partial charge is 0.309 e. The third-order valence-corrected chi connectivity index (χ3v) is 12.6. The first-order valence-corrected chi connectivity index (χ1v) is 21.3. The van der Waals surface area contributed by atoms with E-state index in [9.17, 15) is 0 Å². The summed E-state index contributed by atoms with van der Waals surface area (Å²) < 4.78 is 2.39. The fraction of sp³-hybridized carbons (Fsp3) is 0.0702. The minimum absolute atomic E-state index is 0.641. The predicted molar refractivity (Wildman–Crippen MR) is 254 cm³/mol. The van der Waals surface area contributed by atoms with Crippen LogP contribution in [0.1, 0.15) is 35.1 Å². The zero-order chi connectivity index (χ0) is 40.3. The summed E-state index contributed by atoms with van der Waals surface area (Å²) in [6, 6.07) is 60.6. The van der Waals surface area contributed by atoms with Crippen molar-refractivity contribution >= 4 is 44.7 Å². The molecule has 61 heavy (non-hydrogen) atoms. The molecule has 288 valence electrons. The van der Waals surface area contributed by atoms with Gasteiger partial charge in [-0.15, -0.1) is 0 Å². The molecule has 0 bridgehead atoms. The van der Waals surface area contributed by atoms with Crippen LogP contribution in [0.4, 0.5) is 0 Å². The summed E-state index contributed by atoms with van der Waals surface area (Å²) in [5, 5.41) is 5.18. The van der Waals surface area contributed by atoms with Gasteiger partial charge in [-0.25, -0.2) is 15.0 Å². The summed E-state index contributed by atoms with van der Waals surface area (Å²) in [6.45, 7) is 0. The van der Waals surface area contributed by atoms with Gasteiger partial charge in [-0.3, -0.25) is 0 Å². The molecule has 2 aliphatic carbocycles. The second-order valence-corrected chi connectivity index (χ2v) is 16.1. The maximum atomic E-state index is 4.99. The minimum atomic E-state index is 0.641. The van der Waals surface area contributed by atoms with E-state index < -0.39 is 0 Å². The standard InChI is InChI=1S/C57H40N4/c1-3-16-37(17-4-1)55-58-56(38-18-5-2-6-19-38)60-57(59-55)39-30-33-41(34-31-39)61-52-28-14-13-26-50(52)54-49(27-15-29-53(54)61)43-21-8-7-20-42(43)40-32-35-48-46-24-10-9-22-44(46)45-23-11-12-25-47(45)51(48)36-40/h1-8,10,12-21,24-36H,9,11,22-23H2. The van der Waals surface area contributed by atoms with Crippen LogP contribution in [0.15, 0.2) is 182 Å². The molecule has 0 N–H and O–H groups in total. The molecule has 0 amide bonds. The van der Waals surface area contributed by atoms with Crippen LogP contribution in [0.5, 0.6) is 0 Å². The van der Waals surface area contributed by atoms with E-state index in [0.717, 1.165) is 59.1 Å². The van der Waals surface area contributed by atoms with Crippen molar-refractivity contribution < 1.29 is 0 Å². The summed E-state index contributed by atoms with van der Waals surface area (Å²) in [6.07, 6.45) is 13.9. The van der Waals surface area contributed by atoms with Crippen LogP contribution in [-0.2, 0) is 12.8 Å². The third-order valence-electron chi connectivity index (χ3n) is 12.6. The van der Waals surface area contributed by atoms with Gasteiger partial charge in [0.15, 0.2) is 17.5 Å². The molecule has 2 heterocycles. The Balaban J connectivity index is 0.987. The highest BCUT2D eigenvalue weighted by Crippen LogP contribution is 2.44. The first kappa shape index (κ1) is 35.3. The quantitative estimate of drug-likeness (QED) is 0.169. The van der Waals surface area contributed by atoms with Crippen molar-refractivity contribution in [1.29, 1.82) is 0 Å². The Hall–Kier alpha value is -7.69. The van der Waals surface area contributed by atoms with Crippen molar-refractivity contribution in [3.8, 4) is 62.1 Å². The van der Waals surface area contributed by atoms with E-state index >= 15 is 0 Å². The normalized spacial score (nSPS) is 13.2. The van der Waals surface area contributed by atoms with Gasteiger partial charge in [-0.1, -0.05) is 152 Å². The van der Waals surface area contributed by atoms with Gasteiger partial charge in [0.1, 0.15) is 0 Å². The minimum Gasteiger partial charge on any atom is -0.309 e. The number of aromatic nitrogens is 4. The van der Waals surface area contributed by atoms with Crippen LogP contribution in [0, 0.1) is 0 Å². The lowest BCUT2D eigenvalue weighted by Gasteiger charge is -2.24. The second-order valence-electron chi connectivity index (χ2n) is 16.1. The average Bonchev–Trinajstić information content (AvgIpc) is 3.69. The molecule has 0 fully saturated rings. The summed E-state index contributed by atoms with van der Waals surface area (Å²) >= 11 is 0. The number of allylic oxidation sites excluding steroid dienone is 2. The molecule has 0 atom stereocenters. The van der Waals surface area contributed by atoms with Gasteiger partial charge >= 0.3 is 0 Å². The van der Waals surface area contributed by atoms with Crippen LogP contribution in [-0.4, -0.2) is 19.5 Å². The molecule has 8 aromatic carbocycles. The van der Waals surface area contributed by atoms with Gasteiger partial charge in [0.05, 0.1) is 11.0 Å². The summed E-state index contributed by atoms with van der Waals surface area (Å²) in [5.74, 6) is 1.95. The molecule has 0 spiro atoms. The van der Waals surface area contributed by atoms with E-state index in [0.29, 0.717) is 17.5 Å². The number of para-hydroxylation sites is 1. The van der Waals surface area contributed by atoms with Crippen molar-refractivity contribution in [3.63, 3.8) is 0 Å². The van der Waals surface area contributed by atoms with Crippen molar-refractivity contribution in [2.24, 2.45) is 0 Å². The Bertz CT molecular complexity index is 3340. The third kappa shape index (κ3) is 5.94. The second kappa shape index (κ2) is 14.5. The lowest BCUT2D eigenvalue weighted by atomic mass is 9.80. The van der Waals surface area contributed by atoms with Gasteiger partial charge < -0.3 is 4.57 Å². The van der Waals surface area contributed by atoms with Gasteiger partial charge in [-0.2, -0.15) is 0 Å². The summed E-state index contributed by atoms with van der Waals surface area (Å²) in [4.78, 5) is 14.9. The number of hydrogen-bond acceptors (Lipinski definition) is 3. The molecule has 2 aromatic heterocycles. The number of nitrogens with zero attached hydrogens (tertiary/aromatic N) is 4. The molecule has 0 aliphatic heterocycles. The Morgan fingerprint density at radius 2 is 0.902 bits per heavy atom. The number of hydrogen-bond donors (Lipinski definition) is 0. The van der Waals surface area contributed by atoms with Gasteiger partial charge in [0, 0.05) is 33.2 Å². The van der Waals surface area contributed by atoms with Crippen LogP contribution in [0.3, 0.4) is 0 Å². The predicted octanol–water partition coefficient (Wildman–Crippen LogP) is 14.4. The zero-order valence-electron chi connectivity index (χ0n) is 33.6.